The van der Waals surface area contributed by atoms with Crippen molar-refractivity contribution in [3.05, 3.63) is 28.2 Å². The van der Waals surface area contributed by atoms with Crippen LogP contribution in [0.2, 0.25) is 0 Å². The lowest BCUT2D eigenvalue weighted by Gasteiger charge is -2.34. The summed E-state index contributed by atoms with van der Waals surface area (Å²) in [5.41, 5.74) is 1.92. The lowest BCUT2D eigenvalue weighted by molar-refractivity contribution is 0.285. The van der Waals surface area contributed by atoms with E-state index in [0.717, 1.165) is 23.5 Å². The summed E-state index contributed by atoms with van der Waals surface area (Å²) in [4.78, 5) is 4.69. The van der Waals surface area contributed by atoms with Crippen LogP contribution < -0.4 is 4.90 Å². The van der Waals surface area contributed by atoms with Crippen LogP contribution in [0.1, 0.15) is 18.4 Å². The van der Waals surface area contributed by atoms with Crippen LogP contribution in [0, 0.1) is 17.2 Å². The van der Waals surface area contributed by atoms with Crippen LogP contribution in [0.3, 0.4) is 0 Å². The fraction of sp³-hybridized carbons (Fsp3) is 0.533. The van der Waals surface area contributed by atoms with Crippen molar-refractivity contribution in [2.45, 2.75) is 12.8 Å². The summed E-state index contributed by atoms with van der Waals surface area (Å²) in [5.74, 6) is 0.813. The number of halogens is 1. The van der Waals surface area contributed by atoms with E-state index in [2.05, 4.69) is 58.0 Å². The molecule has 0 saturated carbocycles. The molecular formula is C15H20BrN3. The number of benzene rings is 1. The number of rotatable bonds is 3. The molecule has 1 aliphatic rings. The molecule has 2 rings (SSSR count). The van der Waals surface area contributed by atoms with Gasteiger partial charge in [0.2, 0.25) is 0 Å². The summed E-state index contributed by atoms with van der Waals surface area (Å²) < 4.78 is 0.892. The van der Waals surface area contributed by atoms with E-state index in [1.807, 2.05) is 6.07 Å². The highest BCUT2D eigenvalue weighted by Crippen LogP contribution is 2.27. The maximum atomic E-state index is 8.94. The first-order valence-electron chi connectivity index (χ1n) is 6.69. The maximum absolute atomic E-state index is 8.94. The molecule has 1 fully saturated rings. The van der Waals surface area contributed by atoms with E-state index < -0.39 is 0 Å². The Bertz CT molecular complexity index is 471. The van der Waals surface area contributed by atoms with Crippen molar-refractivity contribution in [1.82, 2.24) is 4.90 Å². The van der Waals surface area contributed by atoms with Crippen molar-refractivity contribution in [3.8, 4) is 6.07 Å². The smallest absolute Gasteiger partial charge is 0.100 e. The van der Waals surface area contributed by atoms with E-state index in [9.17, 15) is 0 Å². The Hall–Kier alpha value is -1.05. The molecule has 0 aromatic heterocycles. The summed E-state index contributed by atoms with van der Waals surface area (Å²) in [6, 6.07) is 8.19. The largest absolute Gasteiger partial charge is 0.371 e. The second-order valence-corrected chi connectivity index (χ2v) is 6.32. The SMILES string of the molecule is CN(C)CC1CCN(c2ccc(C#N)c(Br)c2)CC1. The molecule has 102 valence electrons. The molecule has 4 heteroatoms. The minimum absolute atomic E-state index is 0.700. The molecule has 0 N–H and O–H groups in total. The van der Waals surface area contributed by atoms with Crippen LogP contribution in [0.25, 0.3) is 0 Å². The molecule has 0 spiro atoms. The predicted octanol–water partition coefficient (Wildman–Crippen LogP) is 3.10. The zero-order valence-electron chi connectivity index (χ0n) is 11.6. The number of hydrogen-bond donors (Lipinski definition) is 0. The molecule has 1 heterocycles. The summed E-state index contributed by atoms with van der Waals surface area (Å²) in [5, 5.41) is 8.94. The van der Waals surface area contributed by atoms with Crippen LogP contribution in [-0.2, 0) is 0 Å². The number of hydrogen-bond acceptors (Lipinski definition) is 3. The Kier molecular flexibility index (Phi) is 4.84. The van der Waals surface area contributed by atoms with E-state index in [1.54, 1.807) is 0 Å². The molecule has 0 amide bonds. The van der Waals surface area contributed by atoms with Gasteiger partial charge in [0.25, 0.3) is 0 Å². The minimum atomic E-state index is 0.700. The zero-order valence-corrected chi connectivity index (χ0v) is 13.2. The number of piperidine rings is 1. The molecular weight excluding hydrogens is 302 g/mol. The molecule has 0 atom stereocenters. The molecule has 1 aromatic carbocycles. The van der Waals surface area contributed by atoms with Crippen LogP contribution in [0.5, 0.6) is 0 Å². The predicted molar refractivity (Wildman–Crippen MR) is 82.3 cm³/mol. The van der Waals surface area contributed by atoms with E-state index in [0.29, 0.717) is 5.56 Å². The van der Waals surface area contributed by atoms with Crippen LogP contribution in [-0.4, -0.2) is 38.6 Å². The van der Waals surface area contributed by atoms with Gasteiger partial charge in [-0.1, -0.05) is 0 Å². The molecule has 0 radical (unpaired) electrons. The summed E-state index contributed by atoms with van der Waals surface area (Å²) in [6.45, 7) is 3.40. The maximum Gasteiger partial charge on any atom is 0.100 e. The van der Waals surface area contributed by atoms with Crippen LogP contribution >= 0.6 is 15.9 Å². The summed E-state index contributed by atoms with van der Waals surface area (Å²) >= 11 is 3.46. The fourth-order valence-corrected chi connectivity index (χ4v) is 3.14. The topological polar surface area (TPSA) is 30.3 Å². The molecule has 19 heavy (non-hydrogen) atoms. The van der Waals surface area contributed by atoms with Gasteiger partial charge in [-0.2, -0.15) is 5.26 Å². The first-order valence-corrected chi connectivity index (χ1v) is 7.49. The number of nitrogens with zero attached hydrogens (tertiary/aromatic N) is 3. The Morgan fingerprint density at radius 2 is 2.05 bits per heavy atom. The Morgan fingerprint density at radius 1 is 1.37 bits per heavy atom. The minimum Gasteiger partial charge on any atom is -0.371 e. The summed E-state index contributed by atoms with van der Waals surface area (Å²) in [7, 11) is 4.29. The van der Waals surface area contributed by atoms with Gasteiger partial charge in [-0.25, -0.2) is 0 Å². The molecule has 0 unspecified atom stereocenters. The first-order chi connectivity index (χ1) is 9.10. The fourth-order valence-electron chi connectivity index (χ4n) is 2.68. The molecule has 1 aliphatic heterocycles. The van der Waals surface area contributed by atoms with E-state index >= 15 is 0 Å². The number of anilines is 1. The molecule has 3 nitrogen and oxygen atoms in total. The average Bonchev–Trinajstić information content (AvgIpc) is 2.39. The Morgan fingerprint density at radius 3 is 2.58 bits per heavy atom. The van der Waals surface area contributed by atoms with Crippen molar-refractivity contribution in [3.63, 3.8) is 0 Å². The van der Waals surface area contributed by atoms with Gasteiger partial charge in [0.15, 0.2) is 0 Å². The van der Waals surface area contributed by atoms with Crippen LogP contribution in [0.4, 0.5) is 5.69 Å². The van der Waals surface area contributed by atoms with Gasteiger partial charge in [-0.15, -0.1) is 0 Å². The monoisotopic (exact) mass is 321 g/mol. The second-order valence-electron chi connectivity index (χ2n) is 5.47. The Balaban J connectivity index is 1.98. The summed E-state index contributed by atoms with van der Waals surface area (Å²) in [6.07, 6.45) is 2.49. The van der Waals surface area contributed by atoms with Crippen molar-refractivity contribution in [1.29, 1.82) is 5.26 Å². The first kappa shape index (κ1) is 14.4. The standard InChI is InChI=1S/C15H20BrN3/c1-18(2)11-12-5-7-19(8-6-12)14-4-3-13(10-17)15(16)9-14/h3-4,9,12H,5-8,11H2,1-2H3. The third-order valence-corrected chi connectivity index (χ3v) is 4.33. The van der Waals surface area contributed by atoms with Crippen molar-refractivity contribution in [2.24, 2.45) is 5.92 Å². The van der Waals surface area contributed by atoms with Gasteiger partial charge < -0.3 is 9.80 Å². The van der Waals surface area contributed by atoms with Gasteiger partial charge in [0.1, 0.15) is 6.07 Å². The third-order valence-electron chi connectivity index (χ3n) is 3.68. The second kappa shape index (κ2) is 6.40. The van der Waals surface area contributed by atoms with Gasteiger partial charge in [0.05, 0.1) is 5.56 Å². The van der Waals surface area contributed by atoms with Gasteiger partial charge >= 0.3 is 0 Å². The van der Waals surface area contributed by atoms with Gasteiger partial charge in [-0.05, 0) is 67.0 Å². The Labute approximate surface area is 123 Å². The van der Waals surface area contributed by atoms with E-state index in [1.165, 1.54) is 25.1 Å². The number of nitriles is 1. The zero-order chi connectivity index (χ0) is 13.8. The normalized spacial score (nSPS) is 16.7. The highest BCUT2D eigenvalue weighted by Gasteiger charge is 2.20. The lowest BCUT2D eigenvalue weighted by Crippen LogP contribution is -2.37. The average molecular weight is 322 g/mol. The van der Waals surface area contributed by atoms with E-state index in [4.69, 9.17) is 5.26 Å². The molecule has 0 bridgehead atoms. The van der Waals surface area contributed by atoms with Crippen molar-refractivity contribution in [2.75, 3.05) is 38.6 Å². The quantitative estimate of drug-likeness (QED) is 0.857. The molecule has 1 saturated heterocycles. The van der Waals surface area contributed by atoms with Crippen molar-refractivity contribution < 1.29 is 0 Å². The third kappa shape index (κ3) is 3.71. The van der Waals surface area contributed by atoms with Gasteiger partial charge in [-0.3, -0.25) is 0 Å². The lowest BCUT2D eigenvalue weighted by atomic mass is 9.96. The van der Waals surface area contributed by atoms with Gasteiger partial charge in [0, 0.05) is 29.8 Å². The van der Waals surface area contributed by atoms with E-state index in [-0.39, 0.29) is 0 Å². The van der Waals surface area contributed by atoms with Crippen molar-refractivity contribution >= 4 is 21.6 Å². The highest BCUT2D eigenvalue weighted by molar-refractivity contribution is 9.10. The highest BCUT2D eigenvalue weighted by atomic mass is 79.9. The molecule has 1 aromatic rings. The van der Waals surface area contributed by atoms with Crippen LogP contribution in [0.15, 0.2) is 22.7 Å². The molecule has 0 aliphatic carbocycles.